The first-order valence-corrected chi connectivity index (χ1v) is 39.4. The number of ether oxygens (including phenoxy) is 6. The van der Waals surface area contributed by atoms with Crippen LogP contribution in [0.25, 0.3) is 0 Å². The van der Waals surface area contributed by atoms with Gasteiger partial charge in [-0.15, -0.1) is 0 Å². The number of benzene rings is 3. The van der Waals surface area contributed by atoms with Gasteiger partial charge in [0.25, 0.3) is 0 Å². The van der Waals surface area contributed by atoms with Crippen LogP contribution in [0.1, 0.15) is 61.6 Å². The van der Waals surface area contributed by atoms with Gasteiger partial charge in [-0.1, -0.05) is 48.5 Å². The fraction of sp³-hybridized carbons (Fsp3) is 0.583. The van der Waals surface area contributed by atoms with Gasteiger partial charge < -0.3 is 112 Å². The highest BCUT2D eigenvalue weighted by molar-refractivity contribution is 7.98. The third-order valence-electron chi connectivity index (χ3n) is 17.5. The number of amides is 11. The van der Waals surface area contributed by atoms with Crippen LogP contribution in [0.2, 0.25) is 0 Å². The van der Waals surface area contributed by atoms with Crippen molar-refractivity contribution in [2.45, 2.75) is 81.4 Å². The zero-order valence-electron chi connectivity index (χ0n) is 64.4. The minimum atomic E-state index is -4.00. The summed E-state index contributed by atoms with van der Waals surface area (Å²) in [6, 6.07) is 17.2. The normalized spacial score (nSPS) is 12.0. The van der Waals surface area contributed by atoms with Crippen molar-refractivity contribution in [3.05, 3.63) is 89.5 Å². The average molecular weight is 1600 g/mol. The van der Waals surface area contributed by atoms with Gasteiger partial charge in [-0.2, -0.15) is 11.8 Å². The van der Waals surface area contributed by atoms with E-state index in [4.69, 9.17) is 62.2 Å². The Morgan fingerprint density at radius 2 is 0.964 bits per heavy atom. The Kier molecular flexibility index (Phi) is 44.1. The number of carbonyl (C=O) groups is 11. The first-order valence-electron chi connectivity index (χ1n) is 36.5. The van der Waals surface area contributed by atoms with Crippen LogP contribution in [-0.4, -0.2) is 329 Å². The number of primary amides is 1. The van der Waals surface area contributed by atoms with E-state index < -0.39 is 139 Å². The number of carbonyl (C=O) groups excluding carboxylic acids is 11. The number of sulfonamides is 1. The number of nitrogens with two attached hydrogens (primary N) is 6. The highest BCUT2D eigenvalue weighted by Gasteiger charge is 2.34. The maximum atomic E-state index is 15.1. The summed E-state index contributed by atoms with van der Waals surface area (Å²) in [5.41, 5.74) is 30.0. The molecule has 2 atom stereocenters. The SMILES string of the molecule is COCCN(CC(=O)N[C@@H](CCCN=C(N)N)C(=O)N[C@@H](CCSC)C(N)=O)C(=O)CN(CCOC)C(=O)CN(CCOC)C(=O)CN(CCOC)C(=O)CN(Cc1ccccc1)C(=O)CN(CCCCN)C(=O)CN(Cc1ccc2c(c1)OCO2)C(=O)CN(CCc1ccc(S(N)(=O)=O)cc1)C(=O)CNCCCCN. The van der Waals surface area contributed by atoms with Gasteiger partial charge in [-0.3, -0.25) is 57.7 Å². The fourth-order valence-corrected chi connectivity index (χ4v) is 12.2. The Morgan fingerprint density at radius 3 is 1.45 bits per heavy atom. The predicted molar refractivity (Wildman–Crippen MR) is 414 cm³/mol. The molecular weight excluding hydrogens is 1490 g/mol. The van der Waals surface area contributed by atoms with E-state index in [1.807, 2.05) is 6.26 Å². The highest BCUT2D eigenvalue weighted by Crippen LogP contribution is 2.33. The Morgan fingerprint density at radius 1 is 0.505 bits per heavy atom. The number of methoxy groups -OCH3 is 4. The van der Waals surface area contributed by atoms with Gasteiger partial charge in [0.2, 0.25) is 81.8 Å². The van der Waals surface area contributed by atoms with E-state index in [0.29, 0.717) is 72.7 Å². The van der Waals surface area contributed by atoms with E-state index >= 15 is 9.59 Å². The molecule has 0 unspecified atom stereocenters. The van der Waals surface area contributed by atoms with Crippen LogP contribution in [0.3, 0.4) is 0 Å². The first kappa shape index (κ1) is 94.1. The molecule has 37 nitrogen and oxygen atoms in total. The molecule has 0 aliphatic carbocycles. The van der Waals surface area contributed by atoms with Crippen molar-refractivity contribution >= 4 is 92.7 Å². The molecule has 0 radical (unpaired) electrons. The lowest BCUT2D eigenvalue weighted by Crippen LogP contribution is -2.55. The third kappa shape index (κ3) is 35.7. The Bertz CT molecular complexity index is 3590. The smallest absolute Gasteiger partial charge is 0.243 e. The molecule has 111 heavy (non-hydrogen) atoms. The van der Waals surface area contributed by atoms with E-state index in [0.717, 1.165) is 19.6 Å². The summed E-state index contributed by atoms with van der Waals surface area (Å²) in [6.07, 6.45) is 4.59. The Hall–Kier alpha value is -9.32. The van der Waals surface area contributed by atoms with E-state index in [1.54, 1.807) is 60.7 Å². The van der Waals surface area contributed by atoms with Crippen LogP contribution in [0, 0.1) is 0 Å². The lowest BCUT2D eigenvalue weighted by Gasteiger charge is -2.33. The number of aliphatic imine (C=N–C) groups is 1. The molecule has 1 aliphatic rings. The molecule has 618 valence electrons. The van der Waals surface area contributed by atoms with Crippen LogP contribution in [0.15, 0.2) is 82.7 Å². The summed E-state index contributed by atoms with van der Waals surface area (Å²) in [7, 11) is 1.50. The standard InChI is InChI=1S/C72H114N18O19S2/c1-104-35-31-85(44-61(91)81-58(16-13-28-80-72(76)77)71(101)82-57(70(75)100)24-39-110-5)63(93)45-86(32-36-105-2)64(94)46-87(33-37-106-3)65(95)47-88(34-38-107-4)67(97)51-89(42-54-14-7-6-8-15-54)68(98)48-83(29-12-10-26-74)66(96)50-90(43-55-19-22-59-60(40-55)109-52-108-59)69(99)49-84(62(92)41-79-27-11-9-25-73)30-23-53-17-20-56(21-18-53)111(78,102)103/h6-8,14-15,17-22,40,57-58,79H,9-13,16,23-39,41-52,73-74H2,1-5H3,(H2,75,100)(H,81,91)(H,82,101)(H4,76,77,80)(H2,78,102,103)/t57-,58-/m0/s1. The monoisotopic (exact) mass is 1600 g/mol. The lowest BCUT2D eigenvalue weighted by atomic mass is 10.1. The maximum Gasteiger partial charge on any atom is 0.243 e. The zero-order chi connectivity index (χ0) is 81.7. The van der Waals surface area contributed by atoms with Gasteiger partial charge in [-0.05, 0) is 124 Å². The molecule has 4 rings (SSSR count). The van der Waals surface area contributed by atoms with Gasteiger partial charge in [0.05, 0.1) is 77.1 Å². The second-order valence-electron chi connectivity index (χ2n) is 26.0. The Balaban J connectivity index is 1.64. The third-order valence-corrected chi connectivity index (χ3v) is 19.1. The van der Waals surface area contributed by atoms with Crippen molar-refractivity contribution in [1.82, 2.24) is 55.1 Å². The maximum absolute atomic E-state index is 15.1. The van der Waals surface area contributed by atoms with Crippen molar-refractivity contribution in [2.75, 3.05) is 198 Å². The fourth-order valence-electron chi connectivity index (χ4n) is 11.2. The molecule has 0 spiro atoms. The summed E-state index contributed by atoms with van der Waals surface area (Å²) in [6.45, 7) is -5.25. The minimum absolute atomic E-state index is 0.00400. The molecule has 0 saturated heterocycles. The molecule has 11 amide bonds. The highest BCUT2D eigenvalue weighted by atomic mass is 32.2. The van der Waals surface area contributed by atoms with Gasteiger partial charge in [0, 0.05) is 87.3 Å². The summed E-state index contributed by atoms with van der Waals surface area (Å²) >= 11 is 1.43. The quantitative estimate of drug-likeness (QED) is 0.0151. The molecule has 3 aromatic rings. The molecule has 0 fully saturated rings. The van der Waals surface area contributed by atoms with Gasteiger partial charge in [-0.25, -0.2) is 13.6 Å². The zero-order valence-corrected chi connectivity index (χ0v) is 66.0. The molecule has 0 saturated carbocycles. The van der Waals surface area contributed by atoms with Crippen LogP contribution >= 0.6 is 11.8 Å². The van der Waals surface area contributed by atoms with Crippen LogP contribution in [0.4, 0.5) is 0 Å². The number of hydrogen-bond acceptors (Lipinski definition) is 24. The van der Waals surface area contributed by atoms with Crippen molar-refractivity contribution in [3.8, 4) is 11.5 Å². The number of guanidine groups is 1. The van der Waals surface area contributed by atoms with Crippen LogP contribution in [-0.2, 0) is 101 Å². The van der Waals surface area contributed by atoms with Crippen LogP contribution in [0.5, 0.6) is 11.5 Å². The number of rotatable bonds is 57. The summed E-state index contributed by atoms with van der Waals surface area (Å²) in [5, 5.41) is 13.7. The number of nitrogens with zero attached hydrogens (tertiary/aromatic N) is 9. The largest absolute Gasteiger partial charge is 0.454 e. The molecule has 0 aromatic heterocycles. The summed E-state index contributed by atoms with van der Waals surface area (Å²) in [4.78, 5) is 171. The van der Waals surface area contributed by atoms with Gasteiger partial charge in [0.1, 0.15) is 25.2 Å². The predicted octanol–water partition coefficient (Wildman–Crippen LogP) is -3.45. The first-order chi connectivity index (χ1) is 53.2. The molecule has 1 heterocycles. The number of thioether (sulfide) groups is 1. The molecule has 0 bridgehead atoms. The van der Waals surface area contributed by atoms with E-state index in [1.165, 1.54) is 71.9 Å². The van der Waals surface area contributed by atoms with E-state index in [2.05, 4.69) is 20.9 Å². The lowest BCUT2D eigenvalue weighted by molar-refractivity contribution is -0.149. The Labute approximate surface area is 653 Å². The number of unbranched alkanes of at least 4 members (excludes halogenated alkanes) is 2. The van der Waals surface area contributed by atoms with Crippen molar-refractivity contribution in [3.63, 3.8) is 0 Å². The number of nitrogens with one attached hydrogen (secondary N) is 3. The minimum Gasteiger partial charge on any atom is -0.454 e. The second kappa shape index (κ2) is 52.0. The number of hydrogen-bond donors (Lipinski definition) is 9. The molecule has 15 N–H and O–H groups in total. The topological polar surface area (TPSA) is 508 Å². The van der Waals surface area contributed by atoms with Gasteiger partial charge >= 0.3 is 0 Å². The molecular formula is C72H114N18O19S2. The molecule has 1 aliphatic heterocycles. The average Bonchev–Trinajstić information content (AvgIpc) is 1.65. The van der Waals surface area contributed by atoms with E-state index in [9.17, 15) is 51.6 Å². The summed E-state index contributed by atoms with van der Waals surface area (Å²) < 4.78 is 56.6. The van der Waals surface area contributed by atoms with Crippen LogP contribution < -0.4 is 59.2 Å². The summed E-state index contributed by atoms with van der Waals surface area (Å²) in [5.74, 6) is -6.57. The molecule has 39 heteroatoms. The van der Waals surface area contributed by atoms with Crippen molar-refractivity contribution in [1.29, 1.82) is 0 Å². The number of fused-ring (bicyclic) bond motifs is 1. The number of primary sulfonamides is 1. The van der Waals surface area contributed by atoms with Crippen molar-refractivity contribution in [2.24, 2.45) is 38.8 Å². The van der Waals surface area contributed by atoms with E-state index in [-0.39, 0.29) is 142 Å². The molecule has 3 aromatic carbocycles. The second-order valence-corrected chi connectivity index (χ2v) is 28.5. The van der Waals surface area contributed by atoms with Gasteiger partial charge in [0.15, 0.2) is 17.5 Å². The van der Waals surface area contributed by atoms with Crippen molar-refractivity contribution < 1.29 is 89.6 Å².